The number of amides is 1. The van der Waals surface area contributed by atoms with Crippen LogP contribution in [0.25, 0.3) is 0 Å². The standard InChI is InChI=1S/C16H25N5O/c1-11(2)15-4-3-9-20(15)16(22)14-10-21(19-18-14)13-7-5-12(17)6-8-13/h3-4,10-13,15H,5-9,17H2,1-2H3/t12?,13?,15-/m1/s1. The van der Waals surface area contributed by atoms with Gasteiger partial charge in [-0.2, -0.15) is 0 Å². The highest BCUT2D eigenvalue weighted by molar-refractivity contribution is 5.92. The van der Waals surface area contributed by atoms with Crippen LogP contribution in [0.2, 0.25) is 0 Å². The molecular formula is C16H25N5O. The summed E-state index contributed by atoms with van der Waals surface area (Å²) in [4.78, 5) is 14.5. The summed E-state index contributed by atoms with van der Waals surface area (Å²) in [5.41, 5.74) is 6.39. The Hall–Kier alpha value is -1.69. The zero-order valence-corrected chi connectivity index (χ0v) is 13.4. The average molecular weight is 303 g/mol. The normalized spacial score (nSPS) is 28.5. The molecule has 2 N–H and O–H groups in total. The van der Waals surface area contributed by atoms with E-state index in [1.54, 1.807) is 6.20 Å². The maximum absolute atomic E-state index is 12.7. The molecule has 22 heavy (non-hydrogen) atoms. The van der Waals surface area contributed by atoms with Crippen molar-refractivity contribution < 1.29 is 4.79 Å². The molecule has 1 amide bonds. The van der Waals surface area contributed by atoms with E-state index in [1.807, 2.05) is 9.58 Å². The Bertz CT molecular complexity index is 557. The second-order valence-corrected chi connectivity index (χ2v) is 6.77. The average Bonchev–Trinajstić information content (AvgIpc) is 3.17. The van der Waals surface area contributed by atoms with Gasteiger partial charge in [-0.1, -0.05) is 31.2 Å². The van der Waals surface area contributed by atoms with Crippen molar-refractivity contribution in [2.75, 3.05) is 6.54 Å². The third-order valence-corrected chi connectivity index (χ3v) is 4.78. The number of carbonyl (C=O) groups is 1. The number of rotatable bonds is 3. The molecular weight excluding hydrogens is 278 g/mol. The van der Waals surface area contributed by atoms with Crippen LogP contribution in [0.5, 0.6) is 0 Å². The molecule has 6 nitrogen and oxygen atoms in total. The number of carbonyl (C=O) groups excluding carboxylic acids is 1. The SMILES string of the molecule is CC(C)[C@H]1C=CCN1C(=O)c1cn(C2CCC(N)CC2)nn1. The maximum Gasteiger partial charge on any atom is 0.276 e. The fraction of sp³-hybridized carbons (Fsp3) is 0.688. The molecule has 3 rings (SSSR count). The quantitative estimate of drug-likeness (QED) is 0.863. The van der Waals surface area contributed by atoms with Crippen LogP contribution in [0.3, 0.4) is 0 Å². The predicted molar refractivity (Wildman–Crippen MR) is 84.3 cm³/mol. The lowest BCUT2D eigenvalue weighted by Gasteiger charge is -2.27. The first-order valence-corrected chi connectivity index (χ1v) is 8.21. The summed E-state index contributed by atoms with van der Waals surface area (Å²) in [6.07, 6.45) is 10.0. The molecule has 0 bridgehead atoms. The molecule has 1 aliphatic carbocycles. The number of nitrogens with zero attached hydrogens (tertiary/aromatic N) is 4. The molecule has 1 aliphatic heterocycles. The van der Waals surface area contributed by atoms with E-state index in [2.05, 4.69) is 36.3 Å². The van der Waals surface area contributed by atoms with E-state index in [4.69, 9.17) is 5.73 Å². The van der Waals surface area contributed by atoms with Crippen LogP contribution in [0.4, 0.5) is 0 Å². The van der Waals surface area contributed by atoms with Crippen LogP contribution in [0, 0.1) is 5.92 Å². The van der Waals surface area contributed by atoms with Crippen LogP contribution in [0.1, 0.15) is 56.1 Å². The Balaban J connectivity index is 1.69. The number of aromatic nitrogens is 3. The second kappa shape index (κ2) is 6.20. The predicted octanol–water partition coefficient (Wildman–Crippen LogP) is 1.76. The first-order chi connectivity index (χ1) is 10.6. The van der Waals surface area contributed by atoms with E-state index in [1.165, 1.54) is 0 Å². The molecule has 1 saturated carbocycles. The fourth-order valence-electron chi connectivity index (χ4n) is 3.41. The van der Waals surface area contributed by atoms with Gasteiger partial charge in [0.2, 0.25) is 0 Å². The Morgan fingerprint density at radius 3 is 2.73 bits per heavy atom. The van der Waals surface area contributed by atoms with E-state index in [0.717, 1.165) is 25.7 Å². The highest BCUT2D eigenvalue weighted by Gasteiger charge is 2.30. The number of hydrogen-bond donors (Lipinski definition) is 1. The molecule has 2 heterocycles. The van der Waals surface area contributed by atoms with Gasteiger partial charge < -0.3 is 10.6 Å². The van der Waals surface area contributed by atoms with Gasteiger partial charge in [-0.3, -0.25) is 4.79 Å². The smallest absolute Gasteiger partial charge is 0.276 e. The summed E-state index contributed by atoms with van der Waals surface area (Å²) in [6.45, 7) is 4.91. The van der Waals surface area contributed by atoms with Crippen LogP contribution >= 0.6 is 0 Å². The van der Waals surface area contributed by atoms with Crippen molar-refractivity contribution in [3.8, 4) is 0 Å². The molecule has 2 aliphatic rings. The van der Waals surface area contributed by atoms with Gasteiger partial charge in [0.25, 0.3) is 5.91 Å². The van der Waals surface area contributed by atoms with Crippen LogP contribution in [0.15, 0.2) is 18.3 Å². The second-order valence-electron chi connectivity index (χ2n) is 6.77. The zero-order chi connectivity index (χ0) is 15.7. The van der Waals surface area contributed by atoms with Gasteiger partial charge in [0.15, 0.2) is 5.69 Å². The van der Waals surface area contributed by atoms with E-state index >= 15 is 0 Å². The molecule has 0 radical (unpaired) electrons. The van der Waals surface area contributed by atoms with Crippen LogP contribution in [-0.2, 0) is 0 Å². The minimum atomic E-state index is -0.0255. The van der Waals surface area contributed by atoms with Crippen molar-refractivity contribution >= 4 is 5.91 Å². The number of hydrogen-bond acceptors (Lipinski definition) is 4. The van der Waals surface area contributed by atoms with Gasteiger partial charge in [0.05, 0.1) is 18.3 Å². The van der Waals surface area contributed by atoms with Gasteiger partial charge in [-0.15, -0.1) is 5.10 Å². The largest absolute Gasteiger partial charge is 0.328 e. The molecule has 120 valence electrons. The summed E-state index contributed by atoms with van der Waals surface area (Å²) in [6, 6.07) is 0.792. The van der Waals surface area contributed by atoms with Crippen molar-refractivity contribution in [3.05, 3.63) is 24.0 Å². The monoisotopic (exact) mass is 303 g/mol. The third kappa shape index (κ3) is 2.92. The van der Waals surface area contributed by atoms with Gasteiger partial charge in [0, 0.05) is 12.6 Å². The fourth-order valence-corrected chi connectivity index (χ4v) is 3.41. The lowest BCUT2D eigenvalue weighted by Crippen LogP contribution is -2.39. The van der Waals surface area contributed by atoms with Crippen LogP contribution in [-0.4, -0.2) is 44.4 Å². The zero-order valence-electron chi connectivity index (χ0n) is 13.4. The highest BCUT2D eigenvalue weighted by atomic mass is 16.2. The Kier molecular flexibility index (Phi) is 4.29. The molecule has 0 aromatic carbocycles. The van der Waals surface area contributed by atoms with Crippen molar-refractivity contribution in [1.82, 2.24) is 19.9 Å². The van der Waals surface area contributed by atoms with Gasteiger partial charge in [-0.05, 0) is 31.6 Å². The molecule has 1 fully saturated rings. The van der Waals surface area contributed by atoms with Crippen molar-refractivity contribution in [1.29, 1.82) is 0 Å². The van der Waals surface area contributed by atoms with Crippen molar-refractivity contribution in [2.45, 2.75) is 57.7 Å². The lowest BCUT2D eigenvalue weighted by atomic mass is 9.92. The minimum absolute atomic E-state index is 0.0255. The molecule has 6 heteroatoms. The molecule has 1 atom stereocenters. The van der Waals surface area contributed by atoms with Crippen molar-refractivity contribution in [3.63, 3.8) is 0 Å². The Morgan fingerprint density at radius 1 is 1.32 bits per heavy atom. The summed E-state index contributed by atoms with van der Waals surface area (Å²) < 4.78 is 1.85. The third-order valence-electron chi connectivity index (χ3n) is 4.78. The Morgan fingerprint density at radius 2 is 2.05 bits per heavy atom. The van der Waals surface area contributed by atoms with E-state index in [0.29, 0.717) is 30.2 Å². The number of nitrogens with two attached hydrogens (primary N) is 1. The summed E-state index contributed by atoms with van der Waals surface area (Å²) in [5, 5.41) is 8.30. The molecule has 0 spiro atoms. The van der Waals surface area contributed by atoms with Crippen molar-refractivity contribution in [2.24, 2.45) is 11.7 Å². The first-order valence-electron chi connectivity index (χ1n) is 8.21. The van der Waals surface area contributed by atoms with E-state index in [-0.39, 0.29) is 11.9 Å². The molecule has 1 aromatic rings. The molecule has 0 saturated heterocycles. The van der Waals surface area contributed by atoms with Gasteiger partial charge in [0.1, 0.15) is 0 Å². The molecule has 1 aromatic heterocycles. The first kappa shape index (κ1) is 15.2. The van der Waals surface area contributed by atoms with Gasteiger partial charge >= 0.3 is 0 Å². The van der Waals surface area contributed by atoms with Crippen LogP contribution < -0.4 is 5.73 Å². The lowest BCUT2D eigenvalue weighted by molar-refractivity contribution is 0.0714. The summed E-state index contributed by atoms with van der Waals surface area (Å²) in [7, 11) is 0. The topological polar surface area (TPSA) is 77.0 Å². The summed E-state index contributed by atoms with van der Waals surface area (Å²) in [5.74, 6) is 0.375. The minimum Gasteiger partial charge on any atom is -0.328 e. The van der Waals surface area contributed by atoms with Gasteiger partial charge in [-0.25, -0.2) is 4.68 Å². The Labute approximate surface area is 131 Å². The highest BCUT2D eigenvalue weighted by Crippen LogP contribution is 2.27. The summed E-state index contributed by atoms with van der Waals surface area (Å²) >= 11 is 0. The van der Waals surface area contributed by atoms with E-state index in [9.17, 15) is 4.79 Å². The maximum atomic E-state index is 12.7. The van der Waals surface area contributed by atoms with E-state index < -0.39 is 0 Å². The molecule has 0 unspecified atom stereocenters.